The molecule has 1 fully saturated rings. The molecule has 21 heavy (non-hydrogen) atoms. The van der Waals surface area contributed by atoms with Crippen molar-refractivity contribution in [3.63, 3.8) is 0 Å². The predicted octanol–water partition coefficient (Wildman–Crippen LogP) is 4.36. The van der Waals surface area contributed by atoms with E-state index < -0.39 is 0 Å². The molecule has 1 aromatic carbocycles. The first-order chi connectivity index (χ1) is 10.2. The molecule has 4 nitrogen and oxygen atoms in total. The van der Waals surface area contributed by atoms with Crippen LogP contribution in [0, 0.1) is 0 Å². The third-order valence-electron chi connectivity index (χ3n) is 3.64. The first kappa shape index (κ1) is 15.3. The molecule has 2 aromatic rings. The molecule has 1 aliphatic carbocycles. The van der Waals surface area contributed by atoms with E-state index in [1.807, 2.05) is 6.07 Å². The zero-order valence-corrected chi connectivity index (χ0v) is 15.1. The zero-order valence-electron chi connectivity index (χ0n) is 12.0. The van der Waals surface area contributed by atoms with Crippen molar-refractivity contribution in [1.82, 2.24) is 5.32 Å². The number of nitrogens with one attached hydrogen (secondary N) is 1. The lowest BCUT2D eigenvalue weighted by Crippen LogP contribution is -2.15. The Morgan fingerprint density at radius 2 is 2.10 bits per heavy atom. The molecule has 1 saturated carbocycles. The van der Waals surface area contributed by atoms with Crippen LogP contribution in [0.15, 0.2) is 19.4 Å². The summed E-state index contributed by atoms with van der Waals surface area (Å²) in [4.78, 5) is 0. The van der Waals surface area contributed by atoms with Crippen LogP contribution in [-0.2, 0) is 17.9 Å². The number of ether oxygens (including phenoxy) is 2. The highest BCUT2D eigenvalue weighted by Crippen LogP contribution is 2.42. The predicted molar refractivity (Wildman–Crippen MR) is 88.7 cm³/mol. The zero-order chi connectivity index (χ0) is 15.0. The van der Waals surface area contributed by atoms with Crippen molar-refractivity contribution in [2.75, 3.05) is 14.2 Å². The van der Waals surface area contributed by atoms with E-state index in [2.05, 4.69) is 37.2 Å². The highest BCUT2D eigenvalue weighted by atomic mass is 79.9. The van der Waals surface area contributed by atoms with E-state index >= 15 is 0 Å². The van der Waals surface area contributed by atoms with Crippen molar-refractivity contribution < 1.29 is 13.9 Å². The minimum absolute atomic E-state index is 0.507. The van der Waals surface area contributed by atoms with E-state index in [4.69, 9.17) is 13.9 Å². The largest absolute Gasteiger partial charge is 0.496 e. The molecule has 0 atom stereocenters. The highest BCUT2D eigenvalue weighted by Gasteiger charge is 2.24. The number of furan rings is 1. The van der Waals surface area contributed by atoms with Crippen LogP contribution in [0.25, 0.3) is 11.0 Å². The number of hydrogen-bond acceptors (Lipinski definition) is 4. The van der Waals surface area contributed by atoms with Crippen LogP contribution in [0.5, 0.6) is 5.75 Å². The normalized spacial score (nSPS) is 14.9. The molecular weight excluding hydrogens is 402 g/mol. The molecule has 0 unspecified atom stereocenters. The maximum absolute atomic E-state index is 6.07. The van der Waals surface area contributed by atoms with Crippen LogP contribution in [-0.4, -0.2) is 20.3 Å². The SMILES string of the molecule is COCc1c(CNC2CC2)oc2c(Br)cc(OC)c(Br)c12. The lowest BCUT2D eigenvalue weighted by molar-refractivity contribution is 0.183. The standard InChI is InChI=1S/C15H17Br2NO3/c1-19-7-9-12(6-18-8-3-4-8)21-15-10(16)5-11(20-2)14(17)13(9)15/h5,8,18H,3-4,6-7H2,1-2H3. The van der Waals surface area contributed by atoms with E-state index in [1.54, 1.807) is 14.2 Å². The van der Waals surface area contributed by atoms with Crippen LogP contribution in [0.4, 0.5) is 0 Å². The highest BCUT2D eigenvalue weighted by molar-refractivity contribution is 9.11. The summed E-state index contributed by atoms with van der Waals surface area (Å²) in [5.41, 5.74) is 1.88. The Bertz CT molecular complexity index is 665. The second-order valence-corrected chi connectivity index (χ2v) is 6.82. The van der Waals surface area contributed by atoms with Gasteiger partial charge in [0.1, 0.15) is 17.1 Å². The van der Waals surface area contributed by atoms with E-state index in [-0.39, 0.29) is 0 Å². The summed E-state index contributed by atoms with van der Waals surface area (Å²) in [5.74, 6) is 1.70. The lowest BCUT2D eigenvalue weighted by atomic mass is 10.1. The molecule has 1 N–H and O–H groups in total. The molecule has 0 radical (unpaired) electrons. The number of hydrogen-bond donors (Lipinski definition) is 1. The number of fused-ring (bicyclic) bond motifs is 1. The minimum atomic E-state index is 0.507. The number of halogens is 2. The van der Waals surface area contributed by atoms with Gasteiger partial charge in [0.05, 0.1) is 29.2 Å². The molecule has 0 saturated heterocycles. The Hall–Kier alpha value is -0.560. The van der Waals surface area contributed by atoms with Crippen LogP contribution in [0.1, 0.15) is 24.2 Å². The maximum atomic E-state index is 6.07. The second-order valence-electron chi connectivity index (χ2n) is 5.17. The molecule has 1 aliphatic rings. The fourth-order valence-electron chi connectivity index (χ4n) is 2.39. The summed E-state index contributed by atoms with van der Waals surface area (Å²) in [6.45, 7) is 1.23. The van der Waals surface area contributed by atoms with Gasteiger partial charge in [-0.05, 0) is 50.8 Å². The summed E-state index contributed by atoms with van der Waals surface area (Å²) < 4.78 is 18.6. The summed E-state index contributed by atoms with van der Waals surface area (Å²) >= 11 is 7.18. The minimum Gasteiger partial charge on any atom is -0.496 e. The first-order valence-corrected chi connectivity index (χ1v) is 8.42. The average molecular weight is 419 g/mol. The van der Waals surface area contributed by atoms with Crippen LogP contribution >= 0.6 is 31.9 Å². The van der Waals surface area contributed by atoms with Crippen molar-refractivity contribution in [2.45, 2.75) is 32.0 Å². The molecule has 1 aromatic heterocycles. The van der Waals surface area contributed by atoms with Gasteiger partial charge in [-0.2, -0.15) is 0 Å². The lowest BCUT2D eigenvalue weighted by Gasteiger charge is -2.07. The van der Waals surface area contributed by atoms with Gasteiger partial charge in [-0.1, -0.05) is 0 Å². The maximum Gasteiger partial charge on any atom is 0.150 e. The van der Waals surface area contributed by atoms with Gasteiger partial charge < -0.3 is 19.2 Å². The summed E-state index contributed by atoms with van der Waals surface area (Å²) in [7, 11) is 3.35. The molecule has 6 heteroatoms. The Morgan fingerprint density at radius 1 is 1.33 bits per heavy atom. The van der Waals surface area contributed by atoms with Gasteiger partial charge in [-0.3, -0.25) is 0 Å². The fraction of sp³-hybridized carbons (Fsp3) is 0.467. The molecule has 114 valence electrons. The van der Waals surface area contributed by atoms with Crippen molar-refractivity contribution >= 4 is 42.8 Å². The topological polar surface area (TPSA) is 43.6 Å². The van der Waals surface area contributed by atoms with Crippen molar-refractivity contribution in [3.05, 3.63) is 26.3 Å². The van der Waals surface area contributed by atoms with Crippen LogP contribution < -0.4 is 10.1 Å². The van der Waals surface area contributed by atoms with E-state index in [1.165, 1.54) is 12.8 Å². The summed E-state index contributed by atoms with van der Waals surface area (Å²) in [5, 5.41) is 4.50. The summed E-state index contributed by atoms with van der Waals surface area (Å²) in [6.07, 6.45) is 2.50. The Morgan fingerprint density at radius 3 is 2.71 bits per heavy atom. The third kappa shape index (κ3) is 2.99. The molecule has 0 spiro atoms. The molecule has 0 bridgehead atoms. The fourth-order valence-corrected chi connectivity index (χ4v) is 3.58. The van der Waals surface area contributed by atoms with E-state index in [0.29, 0.717) is 12.6 Å². The van der Waals surface area contributed by atoms with Gasteiger partial charge in [-0.25, -0.2) is 0 Å². The molecular formula is C15H17Br2NO3. The van der Waals surface area contributed by atoms with Gasteiger partial charge in [0.15, 0.2) is 0 Å². The Labute approximate surface area is 140 Å². The van der Waals surface area contributed by atoms with E-state index in [9.17, 15) is 0 Å². The van der Waals surface area contributed by atoms with Crippen molar-refractivity contribution in [3.8, 4) is 5.75 Å². The van der Waals surface area contributed by atoms with Gasteiger partial charge in [-0.15, -0.1) is 0 Å². The van der Waals surface area contributed by atoms with Gasteiger partial charge in [0.25, 0.3) is 0 Å². The number of methoxy groups -OCH3 is 2. The van der Waals surface area contributed by atoms with E-state index in [0.717, 1.165) is 43.5 Å². The van der Waals surface area contributed by atoms with Gasteiger partial charge in [0.2, 0.25) is 0 Å². The molecule has 0 amide bonds. The van der Waals surface area contributed by atoms with Crippen molar-refractivity contribution in [1.29, 1.82) is 0 Å². The van der Waals surface area contributed by atoms with Crippen molar-refractivity contribution in [2.24, 2.45) is 0 Å². The Kier molecular flexibility index (Phi) is 4.59. The average Bonchev–Trinajstić information content (AvgIpc) is 3.23. The summed E-state index contributed by atoms with van der Waals surface area (Å²) in [6, 6.07) is 2.54. The monoisotopic (exact) mass is 417 g/mol. The number of rotatable bonds is 6. The van der Waals surface area contributed by atoms with Crippen LogP contribution in [0.3, 0.4) is 0 Å². The Balaban J connectivity index is 2.11. The first-order valence-electron chi connectivity index (χ1n) is 6.84. The molecule has 0 aliphatic heterocycles. The third-order valence-corrected chi connectivity index (χ3v) is 5.01. The van der Waals surface area contributed by atoms with Crippen LogP contribution in [0.2, 0.25) is 0 Å². The second kappa shape index (κ2) is 6.28. The van der Waals surface area contributed by atoms with Gasteiger partial charge >= 0.3 is 0 Å². The van der Waals surface area contributed by atoms with Gasteiger partial charge in [0, 0.05) is 24.1 Å². The quantitative estimate of drug-likeness (QED) is 0.756. The smallest absolute Gasteiger partial charge is 0.150 e. The number of benzene rings is 1. The molecule has 1 heterocycles. The molecule has 3 rings (SSSR count).